The summed E-state index contributed by atoms with van der Waals surface area (Å²) in [6, 6.07) is 11.5. The van der Waals surface area contributed by atoms with Crippen LogP contribution in [0.5, 0.6) is 17.2 Å². The number of carbonyl (C=O) groups excluding carboxylic acids is 1. The lowest BCUT2D eigenvalue weighted by molar-refractivity contribution is 0.112. The predicted octanol–water partition coefficient (Wildman–Crippen LogP) is 3.76. The van der Waals surface area contributed by atoms with E-state index in [0.717, 1.165) is 6.29 Å². The molecule has 0 spiro atoms. The summed E-state index contributed by atoms with van der Waals surface area (Å²) in [6.45, 7) is 0. The molecule has 0 atom stereocenters. The summed E-state index contributed by atoms with van der Waals surface area (Å²) < 4.78 is 6.24. The molecule has 0 fully saturated rings. The normalized spacial score (nSPS) is 9.94. The smallest absolute Gasteiger partial charge is 0.151 e. The number of aromatic hydroxyl groups is 1. The minimum absolute atomic E-state index is 0.190. The molecule has 0 heterocycles. The van der Waals surface area contributed by atoms with Crippen LogP contribution in [0.4, 0.5) is 0 Å². The third-order valence-electron chi connectivity index (χ3n) is 2.17. The predicted molar refractivity (Wildman–Crippen MR) is 67.7 cm³/mol. The Morgan fingerprint density at radius 1 is 1.06 bits per heavy atom. The molecule has 0 amide bonds. The third-order valence-corrected chi connectivity index (χ3v) is 2.86. The number of benzene rings is 2. The van der Waals surface area contributed by atoms with Crippen LogP contribution in [-0.2, 0) is 0 Å². The Bertz CT molecular complexity index is 535. The van der Waals surface area contributed by atoms with Gasteiger partial charge in [0.15, 0.2) is 6.29 Å². The summed E-state index contributed by atoms with van der Waals surface area (Å²) in [4.78, 5) is 10.6. The van der Waals surface area contributed by atoms with Gasteiger partial charge in [-0.15, -0.1) is 0 Å². The van der Waals surface area contributed by atoms with Crippen molar-refractivity contribution in [3.8, 4) is 17.2 Å². The number of hydrogen-bond acceptors (Lipinski definition) is 3. The number of hydrogen-bond donors (Lipinski definition) is 1. The highest BCUT2D eigenvalue weighted by Gasteiger charge is 2.02. The molecule has 2 aromatic carbocycles. The third kappa shape index (κ3) is 2.85. The lowest BCUT2D eigenvalue weighted by atomic mass is 10.2. The number of ether oxygens (including phenoxy) is 1. The van der Waals surface area contributed by atoms with Crippen molar-refractivity contribution < 1.29 is 14.6 Å². The molecule has 2 rings (SSSR count). The van der Waals surface area contributed by atoms with Crippen LogP contribution in [0.2, 0.25) is 0 Å². The van der Waals surface area contributed by atoms with Crippen molar-refractivity contribution in [1.29, 1.82) is 0 Å². The molecule has 86 valence electrons. The minimum Gasteiger partial charge on any atom is -0.508 e. The van der Waals surface area contributed by atoms with Gasteiger partial charge in [0, 0.05) is 10.0 Å². The van der Waals surface area contributed by atoms with Crippen molar-refractivity contribution in [2.45, 2.75) is 0 Å². The van der Waals surface area contributed by atoms with Crippen molar-refractivity contribution in [3.63, 3.8) is 0 Å². The maximum atomic E-state index is 10.6. The average Bonchev–Trinajstić information content (AvgIpc) is 2.32. The fourth-order valence-corrected chi connectivity index (χ4v) is 1.77. The lowest BCUT2D eigenvalue weighted by Crippen LogP contribution is -1.86. The second-order valence-electron chi connectivity index (χ2n) is 3.40. The van der Waals surface area contributed by atoms with Gasteiger partial charge in [-0.25, -0.2) is 0 Å². The van der Waals surface area contributed by atoms with Crippen LogP contribution in [0.3, 0.4) is 0 Å². The molecule has 0 aliphatic heterocycles. The SMILES string of the molecule is O=Cc1ccc(Oc2ccc(O)cc2)cc1Br. The molecule has 0 saturated carbocycles. The molecule has 0 saturated heterocycles. The summed E-state index contributed by atoms with van der Waals surface area (Å²) in [5.74, 6) is 1.43. The Labute approximate surface area is 107 Å². The van der Waals surface area contributed by atoms with Gasteiger partial charge in [-0.05, 0) is 58.4 Å². The van der Waals surface area contributed by atoms with Gasteiger partial charge in [0.2, 0.25) is 0 Å². The largest absolute Gasteiger partial charge is 0.508 e. The number of phenolic OH excluding ortho intramolecular Hbond substituents is 1. The molecule has 1 N–H and O–H groups in total. The van der Waals surface area contributed by atoms with E-state index in [9.17, 15) is 4.79 Å². The maximum absolute atomic E-state index is 10.6. The first-order valence-corrected chi connectivity index (χ1v) is 5.70. The van der Waals surface area contributed by atoms with E-state index in [2.05, 4.69) is 15.9 Å². The topological polar surface area (TPSA) is 46.5 Å². The number of halogens is 1. The van der Waals surface area contributed by atoms with Gasteiger partial charge in [-0.1, -0.05) is 0 Å². The Hall–Kier alpha value is -1.81. The zero-order chi connectivity index (χ0) is 12.3. The number of phenols is 1. The molecule has 0 aliphatic rings. The van der Waals surface area contributed by atoms with Gasteiger partial charge in [0.25, 0.3) is 0 Å². The number of carbonyl (C=O) groups is 1. The molecular formula is C13H9BrO3. The Kier molecular flexibility index (Phi) is 3.44. The minimum atomic E-state index is 0.190. The molecule has 4 heteroatoms. The summed E-state index contributed by atoms with van der Waals surface area (Å²) in [5, 5.41) is 9.13. The highest BCUT2D eigenvalue weighted by Crippen LogP contribution is 2.27. The average molecular weight is 293 g/mol. The molecule has 0 aliphatic carbocycles. The summed E-state index contributed by atoms with van der Waals surface area (Å²) in [6.07, 6.45) is 0.772. The van der Waals surface area contributed by atoms with E-state index in [-0.39, 0.29) is 5.75 Å². The lowest BCUT2D eigenvalue weighted by Gasteiger charge is -2.06. The molecule has 0 bridgehead atoms. The number of aldehydes is 1. The Balaban J connectivity index is 2.21. The van der Waals surface area contributed by atoms with Gasteiger partial charge in [0.05, 0.1) is 0 Å². The maximum Gasteiger partial charge on any atom is 0.151 e. The van der Waals surface area contributed by atoms with Crippen LogP contribution in [0, 0.1) is 0 Å². The van der Waals surface area contributed by atoms with Crippen molar-refractivity contribution in [3.05, 3.63) is 52.5 Å². The van der Waals surface area contributed by atoms with E-state index in [1.165, 1.54) is 0 Å². The molecule has 17 heavy (non-hydrogen) atoms. The van der Waals surface area contributed by atoms with Gasteiger partial charge >= 0.3 is 0 Å². The van der Waals surface area contributed by atoms with Crippen molar-refractivity contribution in [2.24, 2.45) is 0 Å². The second-order valence-corrected chi connectivity index (χ2v) is 4.25. The van der Waals surface area contributed by atoms with Gasteiger partial charge < -0.3 is 9.84 Å². The van der Waals surface area contributed by atoms with E-state index in [1.807, 2.05) is 0 Å². The van der Waals surface area contributed by atoms with Crippen molar-refractivity contribution in [2.75, 3.05) is 0 Å². The summed E-state index contributed by atoms with van der Waals surface area (Å²) in [5.41, 5.74) is 0.572. The fourth-order valence-electron chi connectivity index (χ4n) is 1.32. The molecule has 3 nitrogen and oxygen atoms in total. The Morgan fingerprint density at radius 2 is 1.71 bits per heavy atom. The van der Waals surface area contributed by atoms with E-state index in [1.54, 1.807) is 42.5 Å². The van der Waals surface area contributed by atoms with Crippen LogP contribution in [0.25, 0.3) is 0 Å². The molecule has 2 aromatic rings. The molecule has 0 aromatic heterocycles. The first-order chi connectivity index (χ1) is 8.19. The summed E-state index contributed by atoms with van der Waals surface area (Å²) in [7, 11) is 0. The van der Waals surface area contributed by atoms with Crippen LogP contribution in [0.15, 0.2) is 46.9 Å². The van der Waals surface area contributed by atoms with Crippen molar-refractivity contribution in [1.82, 2.24) is 0 Å². The van der Waals surface area contributed by atoms with Crippen LogP contribution < -0.4 is 4.74 Å². The zero-order valence-corrected chi connectivity index (χ0v) is 10.3. The highest BCUT2D eigenvalue weighted by atomic mass is 79.9. The number of rotatable bonds is 3. The molecule has 0 unspecified atom stereocenters. The first-order valence-electron chi connectivity index (χ1n) is 4.90. The standard InChI is InChI=1S/C13H9BrO3/c14-13-7-12(4-1-9(13)8-15)17-11-5-2-10(16)3-6-11/h1-8,16H. The van der Waals surface area contributed by atoms with E-state index in [4.69, 9.17) is 9.84 Å². The fraction of sp³-hybridized carbons (Fsp3) is 0. The summed E-state index contributed by atoms with van der Waals surface area (Å²) >= 11 is 3.28. The second kappa shape index (κ2) is 5.01. The monoisotopic (exact) mass is 292 g/mol. The van der Waals surface area contributed by atoms with Crippen LogP contribution in [0.1, 0.15) is 10.4 Å². The van der Waals surface area contributed by atoms with E-state index < -0.39 is 0 Å². The van der Waals surface area contributed by atoms with Crippen LogP contribution in [-0.4, -0.2) is 11.4 Å². The molecule has 0 radical (unpaired) electrons. The van der Waals surface area contributed by atoms with E-state index in [0.29, 0.717) is 21.5 Å². The van der Waals surface area contributed by atoms with Gasteiger partial charge in [-0.3, -0.25) is 4.79 Å². The van der Waals surface area contributed by atoms with Gasteiger partial charge in [-0.2, -0.15) is 0 Å². The quantitative estimate of drug-likeness (QED) is 0.876. The Morgan fingerprint density at radius 3 is 2.29 bits per heavy atom. The first kappa shape index (κ1) is 11.7. The zero-order valence-electron chi connectivity index (χ0n) is 8.76. The van der Waals surface area contributed by atoms with Crippen molar-refractivity contribution >= 4 is 22.2 Å². The highest BCUT2D eigenvalue weighted by molar-refractivity contribution is 9.10. The van der Waals surface area contributed by atoms with E-state index >= 15 is 0 Å². The van der Waals surface area contributed by atoms with Gasteiger partial charge in [0.1, 0.15) is 17.2 Å². The van der Waals surface area contributed by atoms with Crippen LogP contribution >= 0.6 is 15.9 Å². The molecular weight excluding hydrogens is 284 g/mol.